The first kappa shape index (κ1) is 12.9. The molecule has 0 atom stereocenters. The van der Waals surface area contributed by atoms with Gasteiger partial charge in [0.2, 0.25) is 0 Å². The number of hydrogen-bond acceptors (Lipinski definition) is 4. The first-order valence-electron chi connectivity index (χ1n) is 7.07. The van der Waals surface area contributed by atoms with E-state index in [0.717, 1.165) is 30.9 Å². The highest BCUT2D eigenvalue weighted by Crippen LogP contribution is 2.42. The minimum absolute atomic E-state index is 0.113. The van der Waals surface area contributed by atoms with Crippen molar-refractivity contribution in [2.75, 3.05) is 5.75 Å². The van der Waals surface area contributed by atoms with Gasteiger partial charge < -0.3 is 5.73 Å². The lowest BCUT2D eigenvalue weighted by Crippen LogP contribution is -2.40. The molecule has 100 valence electrons. The van der Waals surface area contributed by atoms with Crippen LogP contribution in [0, 0.1) is 5.92 Å². The molecule has 2 heterocycles. The maximum Gasteiger partial charge on any atom is 0.113 e. The lowest BCUT2D eigenvalue weighted by atomic mass is 9.76. The molecule has 4 heteroatoms. The van der Waals surface area contributed by atoms with E-state index in [9.17, 15) is 0 Å². The smallest absolute Gasteiger partial charge is 0.113 e. The molecule has 1 aliphatic carbocycles. The lowest BCUT2D eigenvalue weighted by molar-refractivity contribution is 0.231. The molecular formula is C14H22N2S2. The van der Waals surface area contributed by atoms with Crippen molar-refractivity contribution in [2.45, 2.75) is 56.7 Å². The van der Waals surface area contributed by atoms with Gasteiger partial charge in [-0.2, -0.15) is 11.8 Å². The summed E-state index contributed by atoms with van der Waals surface area (Å²) in [5.74, 6) is 3.28. The Labute approximate surface area is 118 Å². The minimum Gasteiger partial charge on any atom is -0.319 e. The fourth-order valence-corrected chi connectivity index (χ4v) is 5.43. The summed E-state index contributed by atoms with van der Waals surface area (Å²) in [5, 5.41) is 1.23. The number of rotatable bonds is 2. The van der Waals surface area contributed by atoms with Crippen molar-refractivity contribution in [3.63, 3.8) is 0 Å². The van der Waals surface area contributed by atoms with Gasteiger partial charge in [-0.05, 0) is 43.8 Å². The highest BCUT2D eigenvalue weighted by atomic mass is 32.2. The number of nitrogens with two attached hydrogens (primary N) is 1. The van der Waals surface area contributed by atoms with Crippen LogP contribution in [-0.2, 0) is 17.7 Å². The number of hydrogen-bond donors (Lipinski definition) is 1. The average Bonchev–Trinajstić information content (AvgIpc) is 2.84. The normalized spacial score (nSPS) is 32.2. The molecule has 1 aromatic heterocycles. The molecule has 1 aromatic rings. The maximum atomic E-state index is 6.65. The Morgan fingerprint density at radius 2 is 2.17 bits per heavy atom. The molecule has 0 radical (unpaired) electrons. The van der Waals surface area contributed by atoms with Gasteiger partial charge in [-0.15, -0.1) is 11.3 Å². The second-order valence-electron chi connectivity index (χ2n) is 5.70. The van der Waals surface area contributed by atoms with Gasteiger partial charge in [0.25, 0.3) is 0 Å². The molecule has 0 bridgehead atoms. The fraction of sp³-hybridized carbons (Fsp3) is 0.786. The summed E-state index contributed by atoms with van der Waals surface area (Å²) < 4.78 is 0. The van der Waals surface area contributed by atoms with Crippen LogP contribution in [0.4, 0.5) is 0 Å². The number of thioether (sulfide) groups is 1. The van der Waals surface area contributed by atoms with Crippen LogP contribution >= 0.6 is 23.1 Å². The predicted molar refractivity (Wildman–Crippen MR) is 80.1 cm³/mol. The van der Waals surface area contributed by atoms with Crippen LogP contribution in [-0.4, -0.2) is 10.7 Å². The third kappa shape index (κ3) is 2.35. The molecule has 1 saturated carbocycles. The first-order valence-corrected chi connectivity index (χ1v) is 9.04. The third-order valence-electron chi connectivity index (χ3n) is 4.50. The molecule has 3 rings (SSSR count). The van der Waals surface area contributed by atoms with E-state index in [-0.39, 0.29) is 5.54 Å². The average molecular weight is 282 g/mol. The van der Waals surface area contributed by atoms with Crippen LogP contribution in [0.15, 0.2) is 0 Å². The summed E-state index contributed by atoms with van der Waals surface area (Å²) in [5.41, 5.74) is 7.88. The van der Waals surface area contributed by atoms with Crippen molar-refractivity contribution in [1.29, 1.82) is 0 Å². The van der Waals surface area contributed by atoms with E-state index in [1.807, 2.05) is 23.1 Å². The van der Waals surface area contributed by atoms with Crippen molar-refractivity contribution in [3.8, 4) is 0 Å². The van der Waals surface area contributed by atoms with E-state index in [1.54, 1.807) is 0 Å². The largest absolute Gasteiger partial charge is 0.319 e. The minimum atomic E-state index is -0.113. The van der Waals surface area contributed by atoms with E-state index < -0.39 is 0 Å². The van der Waals surface area contributed by atoms with Gasteiger partial charge in [0.15, 0.2) is 0 Å². The Kier molecular flexibility index (Phi) is 3.70. The summed E-state index contributed by atoms with van der Waals surface area (Å²) in [6, 6.07) is 0. The molecule has 1 fully saturated rings. The quantitative estimate of drug-likeness (QED) is 0.899. The van der Waals surface area contributed by atoms with E-state index >= 15 is 0 Å². The summed E-state index contributed by atoms with van der Waals surface area (Å²) in [4.78, 5) is 6.37. The SMILES string of the molecule is CCC1CCC(N)(c2nc3c(s2)CSCC3)CC1. The van der Waals surface area contributed by atoms with Crippen LogP contribution in [0.1, 0.15) is 54.6 Å². The van der Waals surface area contributed by atoms with Gasteiger partial charge in [-0.25, -0.2) is 4.98 Å². The molecule has 2 nitrogen and oxygen atoms in total. The number of fused-ring (bicyclic) bond motifs is 1. The highest BCUT2D eigenvalue weighted by Gasteiger charge is 2.36. The van der Waals surface area contributed by atoms with Gasteiger partial charge in [-0.1, -0.05) is 13.3 Å². The van der Waals surface area contributed by atoms with Crippen molar-refractivity contribution < 1.29 is 0 Å². The Bertz CT molecular complexity index is 396. The van der Waals surface area contributed by atoms with E-state index in [1.165, 1.54) is 40.6 Å². The maximum absolute atomic E-state index is 6.65. The molecule has 0 aromatic carbocycles. The van der Waals surface area contributed by atoms with Crippen LogP contribution < -0.4 is 5.73 Å². The van der Waals surface area contributed by atoms with Crippen LogP contribution in [0.5, 0.6) is 0 Å². The van der Waals surface area contributed by atoms with Gasteiger partial charge in [0, 0.05) is 10.6 Å². The molecule has 1 aliphatic heterocycles. The van der Waals surface area contributed by atoms with Gasteiger partial charge in [0.1, 0.15) is 5.01 Å². The molecule has 2 aliphatic rings. The Balaban J connectivity index is 1.79. The Morgan fingerprint density at radius 1 is 1.39 bits per heavy atom. The van der Waals surface area contributed by atoms with E-state index in [0.29, 0.717) is 0 Å². The molecule has 0 amide bonds. The third-order valence-corrected chi connectivity index (χ3v) is 6.98. The zero-order valence-corrected chi connectivity index (χ0v) is 12.7. The topological polar surface area (TPSA) is 38.9 Å². The van der Waals surface area contributed by atoms with Crippen LogP contribution in [0.3, 0.4) is 0 Å². The fourth-order valence-electron chi connectivity index (χ4n) is 3.05. The standard InChI is InChI=1S/C14H22N2S2/c1-2-10-3-6-14(15,7-4-10)13-16-11-5-8-17-9-12(11)18-13/h10H,2-9,15H2,1H3. The number of thiazole rings is 1. The monoisotopic (exact) mass is 282 g/mol. The zero-order valence-electron chi connectivity index (χ0n) is 11.1. The molecular weight excluding hydrogens is 260 g/mol. The van der Waals surface area contributed by atoms with Gasteiger partial charge in [-0.3, -0.25) is 0 Å². The van der Waals surface area contributed by atoms with Gasteiger partial charge in [0.05, 0.1) is 11.2 Å². The lowest BCUT2D eigenvalue weighted by Gasteiger charge is -2.35. The summed E-state index contributed by atoms with van der Waals surface area (Å²) in [7, 11) is 0. The molecule has 18 heavy (non-hydrogen) atoms. The summed E-state index contributed by atoms with van der Waals surface area (Å²) in [6.07, 6.45) is 7.28. The second kappa shape index (κ2) is 5.14. The molecule has 0 saturated heterocycles. The highest BCUT2D eigenvalue weighted by molar-refractivity contribution is 7.98. The zero-order chi connectivity index (χ0) is 12.6. The number of aromatic nitrogens is 1. The van der Waals surface area contributed by atoms with Crippen LogP contribution in [0.2, 0.25) is 0 Å². The Morgan fingerprint density at radius 3 is 2.83 bits per heavy atom. The van der Waals surface area contributed by atoms with Crippen molar-refractivity contribution in [2.24, 2.45) is 11.7 Å². The van der Waals surface area contributed by atoms with Crippen molar-refractivity contribution in [1.82, 2.24) is 4.98 Å². The molecule has 0 spiro atoms. The Hall–Kier alpha value is -0.0600. The molecule has 0 unspecified atom stereocenters. The van der Waals surface area contributed by atoms with E-state index in [4.69, 9.17) is 10.7 Å². The molecule has 2 N–H and O–H groups in total. The number of nitrogens with zero attached hydrogens (tertiary/aromatic N) is 1. The first-order chi connectivity index (χ1) is 8.71. The summed E-state index contributed by atoms with van der Waals surface area (Å²) >= 11 is 3.92. The van der Waals surface area contributed by atoms with Crippen molar-refractivity contribution >= 4 is 23.1 Å². The summed E-state index contributed by atoms with van der Waals surface area (Å²) in [6.45, 7) is 2.30. The second-order valence-corrected chi connectivity index (χ2v) is 7.89. The van der Waals surface area contributed by atoms with Gasteiger partial charge >= 0.3 is 0 Å². The number of aryl methyl sites for hydroxylation is 1. The van der Waals surface area contributed by atoms with E-state index in [2.05, 4.69) is 6.92 Å². The van der Waals surface area contributed by atoms with Crippen LogP contribution in [0.25, 0.3) is 0 Å². The predicted octanol–water partition coefficient (Wildman–Crippen LogP) is 3.69. The van der Waals surface area contributed by atoms with Crippen molar-refractivity contribution in [3.05, 3.63) is 15.6 Å².